The second-order valence-corrected chi connectivity index (χ2v) is 6.86. The Balaban J connectivity index is 2.10. The molecule has 4 heteroatoms. The molecule has 2 rings (SSSR count). The van der Waals surface area contributed by atoms with Crippen LogP contribution in [0.4, 0.5) is 5.82 Å². The lowest BCUT2D eigenvalue weighted by Crippen LogP contribution is -2.35. The lowest BCUT2D eigenvalue weighted by Gasteiger charge is -2.24. The minimum Gasteiger partial charge on any atom is -0.355 e. The predicted octanol–water partition coefficient (Wildman–Crippen LogP) is 3.67. The fourth-order valence-corrected chi connectivity index (χ4v) is 2.66. The van der Waals surface area contributed by atoms with E-state index in [9.17, 15) is 0 Å². The van der Waals surface area contributed by atoms with Gasteiger partial charge < -0.3 is 10.2 Å². The molecule has 2 heterocycles. The highest BCUT2D eigenvalue weighted by Gasteiger charge is 2.13. The maximum absolute atomic E-state index is 4.55. The van der Waals surface area contributed by atoms with Crippen LogP contribution in [0.3, 0.4) is 0 Å². The third-order valence-corrected chi connectivity index (χ3v) is 3.77. The van der Waals surface area contributed by atoms with Gasteiger partial charge in [-0.1, -0.05) is 6.07 Å². The average molecular weight is 289 g/mol. The van der Waals surface area contributed by atoms with Gasteiger partial charge in [0.15, 0.2) is 0 Å². The Morgan fingerprint density at radius 2 is 2.10 bits per heavy atom. The van der Waals surface area contributed by atoms with Crippen molar-refractivity contribution in [3.63, 3.8) is 0 Å². The molecule has 0 radical (unpaired) electrons. The van der Waals surface area contributed by atoms with E-state index in [4.69, 9.17) is 0 Å². The van der Waals surface area contributed by atoms with Gasteiger partial charge in [-0.2, -0.15) is 11.3 Å². The van der Waals surface area contributed by atoms with Crippen molar-refractivity contribution >= 4 is 17.2 Å². The molecule has 0 aliphatic rings. The fourth-order valence-electron chi connectivity index (χ4n) is 2.00. The first-order chi connectivity index (χ1) is 9.46. The van der Waals surface area contributed by atoms with Gasteiger partial charge in [-0.05, 0) is 49.2 Å². The Labute approximate surface area is 125 Å². The average Bonchev–Trinajstić information content (AvgIpc) is 2.88. The topological polar surface area (TPSA) is 28.2 Å². The van der Waals surface area contributed by atoms with Gasteiger partial charge in [-0.25, -0.2) is 4.98 Å². The number of hydrogen-bond donors (Lipinski definition) is 1. The maximum Gasteiger partial charge on any atom is 0.133 e. The summed E-state index contributed by atoms with van der Waals surface area (Å²) in [7, 11) is 2.10. The Hall–Kier alpha value is -1.39. The van der Waals surface area contributed by atoms with Gasteiger partial charge in [0.25, 0.3) is 0 Å². The lowest BCUT2D eigenvalue weighted by molar-refractivity contribution is 0.424. The Bertz CT molecular complexity index is 529. The monoisotopic (exact) mass is 289 g/mol. The van der Waals surface area contributed by atoms with Crippen molar-refractivity contribution in [2.45, 2.75) is 39.4 Å². The first-order valence-electron chi connectivity index (χ1n) is 6.87. The summed E-state index contributed by atoms with van der Waals surface area (Å²) in [5.41, 5.74) is 2.68. The number of hydrogen-bond acceptors (Lipinski definition) is 4. The molecule has 2 aromatic rings. The SMILES string of the molecule is CN(Cc1ccsc1)c1ncccc1CNC(C)(C)C. The molecule has 0 aliphatic carbocycles. The minimum absolute atomic E-state index is 0.110. The normalized spacial score (nSPS) is 11.6. The largest absolute Gasteiger partial charge is 0.355 e. The van der Waals surface area contributed by atoms with E-state index in [1.54, 1.807) is 11.3 Å². The van der Waals surface area contributed by atoms with Crippen molar-refractivity contribution in [2.75, 3.05) is 11.9 Å². The van der Waals surface area contributed by atoms with Crippen LogP contribution in [-0.2, 0) is 13.1 Å². The molecule has 0 spiro atoms. The molecule has 0 saturated carbocycles. The standard InChI is InChI=1S/C16H23N3S/c1-16(2,3)18-10-14-6-5-8-17-15(14)19(4)11-13-7-9-20-12-13/h5-9,12,18H,10-11H2,1-4H3. The maximum atomic E-state index is 4.55. The summed E-state index contributed by atoms with van der Waals surface area (Å²) in [5, 5.41) is 7.83. The van der Waals surface area contributed by atoms with Crippen LogP contribution in [-0.4, -0.2) is 17.6 Å². The highest BCUT2D eigenvalue weighted by Crippen LogP contribution is 2.19. The van der Waals surface area contributed by atoms with Crippen LogP contribution < -0.4 is 10.2 Å². The molecule has 0 amide bonds. The summed E-state index contributed by atoms with van der Waals surface area (Å²) in [6.45, 7) is 8.26. The summed E-state index contributed by atoms with van der Waals surface area (Å²) in [5.74, 6) is 1.05. The molecule has 3 nitrogen and oxygen atoms in total. The predicted molar refractivity (Wildman–Crippen MR) is 87.3 cm³/mol. The van der Waals surface area contributed by atoms with Crippen molar-refractivity contribution in [1.29, 1.82) is 0 Å². The molecule has 2 aromatic heterocycles. The summed E-state index contributed by atoms with van der Waals surface area (Å²) in [4.78, 5) is 6.76. The molecule has 0 fully saturated rings. The van der Waals surface area contributed by atoms with Crippen molar-refractivity contribution in [3.8, 4) is 0 Å². The zero-order valence-corrected chi connectivity index (χ0v) is 13.5. The van der Waals surface area contributed by atoms with Crippen LogP contribution in [0, 0.1) is 0 Å². The Morgan fingerprint density at radius 1 is 1.30 bits per heavy atom. The van der Waals surface area contributed by atoms with Crippen LogP contribution >= 0.6 is 11.3 Å². The molecule has 1 N–H and O–H groups in total. The van der Waals surface area contributed by atoms with Crippen LogP contribution in [0.5, 0.6) is 0 Å². The van der Waals surface area contributed by atoms with Gasteiger partial charge in [0, 0.05) is 37.4 Å². The Morgan fingerprint density at radius 3 is 2.75 bits per heavy atom. The quantitative estimate of drug-likeness (QED) is 0.910. The third-order valence-electron chi connectivity index (χ3n) is 3.04. The van der Waals surface area contributed by atoms with Crippen LogP contribution in [0.1, 0.15) is 31.9 Å². The summed E-state index contributed by atoms with van der Waals surface area (Å²) in [6.07, 6.45) is 1.86. The van der Waals surface area contributed by atoms with Gasteiger partial charge in [0.1, 0.15) is 5.82 Å². The van der Waals surface area contributed by atoms with E-state index in [-0.39, 0.29) is 5.54 Å². The van der Waals surface area contributed by atoms with E-state index < -0.39 is 0 Å². The zero-order chi connectivity index (χ0) is 14.6. The summed E-state index contributed by atoms with van der Waals surface area (Å²) < 4.78 is 0. The smallest absolute Gasteiger partial charge is 0.133 e. The van der Waals surface area contributed by atoms with Crippen molar-refractivity contribution < 1.29 is 0 Å². The molecule has 108 valence electrons. The van der Waals surface area contributed by atoms with Gasteiger partial charge in [-0.3, -0.25) is 0 Å². The van der Waals surface area contributed by atoms with Gasteiger partial charge in [-0.15, -0.1) is 0 Å². The van der Waals surface area contributed by atoms with E-state index in [1.165, 1.54) is 11.1 Å². The Kier molecular flexibility index (Phi) is 4.78. The highest BCUT2D eigenvalue weighted by molar-refractivity contribution is 7.07. The summed E-state index contributed by atoms with van der Waals surface area (Å²) in [6, 6.07) is 6.31. The van der Waals surface area contributed by atoms with Crippen LogP contribution in [0.2, 0.25) is 0 Å². The lowest BCUT2D eigenvalue weighted by atomic mass is 10.1. The van der Waals surface area contributed by atoms with Gasteiger partial charge in [0.05, 0.1) is 0 Å². The number of nitrogens with one attached hydrogen (secondary N) is 1. The van der Waals surface area contributed by atoms with E-state index >= 15 is 0 Å². The molecular weight excluding hydrogens is 266 g/mol. The van der Waals surface area contributed by atoms with E-state index in [2.05, 4.69) is 65.9 Å². The van der Waals surface area contributed by atoms with Gasteiger partial charge >= 0.3 is 0 Å². The number of rotatable bonds is 5. The molecule has 0 bridgehead atoms. The number of anilines is 1. The highest BCUT2D eigenvalue weighted by atomic mass is 32.1. The number of thiophene rings is 1. The zero-order valence-electron chi connectivity index (χ0n) is 12.7. The van der Waals surface area contributed by atoms with Crippen molar-refractivity contribution in [3.05, 3.63) is 46.3 Å². The molecule has 0 aromatic carbocycles. The van der Waals surface area contributed by atoms with Crippen LogP contribution in [0.15, 0.2) is 35.2 Å². The number of nitrogens with zero attached hydrogens (tertiary/aromatic N) is 2. The number of aromatic nitrogens is 1. The second kappa shape index (κ2) is 6.37. The molecular formula is C16H23N3S. The van der Waals surface area contributed by atoms with E-state index in [0.29, 0.717) is 0 Å². The first kappa shape index (κ1) is 15.0. The van der Waals surface area contributed by atoms with E-state index in [0.717, 1.165) is 18.9 Å². The van der Waals surface area contributed by atoms with E-state index in [1.807, 2.05) is 12.3 Å². The minimum atomic E-state index is 0.110. The third kappa shape index (κ3) is 4.32. The van der Waals surface area contributed by atoms with Crippen molar-refractivity contribution in [2.24, 2.45) is 0 Å². The first-order valence-corrected chi connectivity index (χ1v) is 7.81. The molecule has 0 aliphatic heterocycles. The molecule has 0 saturated heterocycles. The fraction of sp³-hybridized carbons (Fsp3) is 0.438. The van der Waals surface area contributed by atoms with Gasteiger partial charge in [0.2, 0.25) is 0 Å². The van der Waals surface area contributed by atoms with Crippen molar-refractivity contribution in [1.82, 2.24) is 10.3 Å². The molecule has 0 atom stereocenters. The number of pyridine rings is 1. The molecule has 20 heavy (non-hydrogen) atoms. The van der Waals surface area contributed by atoms with Crippen LogP contribution in [0.25, 0.3) is 0 Å². The molecule has 0 unspecified atom stereocenters. The second-order valence-electron chi connectivity index (χ2n) is 6.08. The summed E-state index contributed by atoms with van der Waals surface area (Å²) >= 11 is 1.74.